The van der Waals surface area contributed by atoms with Crippen LogP contribution in [0.1, 0.15) is 39.0 Å². The van der Waals surface area contributed by atoms with Crippen LogP contribution >= 0.6 is 11.6 Å². The third kappa shape index (κ3) is 9.14. The molecule has 1 aromatic heterocycles. The van der Waals surface area contributed by atoms with Crippen molar-refractivity contribution in [3.8, 4) is 0 Å². The summed E-state index contributed by atoms with van der Waals surface area (Å²) >= 11 is 6.08. The summed E-state index contributed by atoms with van der Waals surface area (Å²) in [5.41, 5.74) is 14.1. The highest BCUT2D eigenvalue weighted by molar-refractivity contribution is 6.30. The molecule has 10 heteroatoms. The molecule has 49 heavy (non-hydrogen) atoms. The van der Waals surface area contributed by atoms with E-state index in [-0.39, 0.29) is 18.2 Å². The number of nitrogens with two attached hydrogens (primary N) is 1. The van der Waals surface area contributed by atoms with Crippen LogP contribution in [0.4, 0.5) is 0 Å². The summed E-state index contributed by atoms with van der Waals surface area (Å²) < 4.78 is 2.04. The minimum atomic E-state index is -0.759. The van der Waals surface area contributed by atoms with Gasteiger partial charge >= 0.3 is 0 Å². The van der Waals surface area contributed by atoms with Crippen molar-refractivity contribution in [3.05, 3.63) is 142 Å². The summed E-state index contributed by atoms with van der Waals surface area (Å²) in [6.07, 6.45) is 3.00. The van der Waals surface area contributed by atoms with Crippen molar-refractivity contribution in [2.24, 2.45) is 5.73 Å². The minimum absolute atomic E-state index is 0.0376. The molecule has 3 amide bonds. The van der Waals surface area contributed by atoms with Crippen LogP contribution < -0.4 is 16.5 Å². The Morgan fingerprint density at radius 2 is 1.43 bits per heavy atom. The zero-order valence-corrected chi connectivity index (χ0v) is 28.1. The summed E-state index contributed by atoms with van der Waals surface area (Å²) in [7, 11) is 0. The number of aryl methyl sites for hydroxylation is 1. The number of piperazine rings is 1. The number of fused-ring (bicyclic) bond motifs is 1. The van der Waals surface area contributed by atoms with Gasteiger partial charge in [-0.1, -0.05) is 84.4 Å². The van der Waals surface area contributed by atoms with E-state index in [1.54, 1.807) is 12.1 Å². The van der Waals surface area contributed by atoms with Gasteiger partial charge in [0.1, 0.15) is 6.04 Å². The lowest BCUT2D eigenvalue weighted by atomic mass is 10.0. The first-order chi connectivity index (χ1) is 23.8. The second-order valence-corrected chi connectivity index (χ2v) is 13.0. The van der Waals surface area contributed by atoms with Crippen molar-refractivity contribution in [1.29, 1.82) is 0 Å². The Balaban J connectivity index is 1.16. The molecule has 1 fully saturated rings. The van der Waals surface area contributed by atoms with Gasteiger partial charge in [0, 0.05) is 67.0 Å². The number of aromatic nitrogens is 1. The second-order valence-electron chi connectivity index (χ2n) is 12.6. The van der Waals surface area contributed by atoms with Gasteiger partial charge in [0.05, 0.1) is 6.42 Å². The lowest BCUT2D eigenvalue weighted by molar-refractivity contribution is -0.129. The van der Waals surface area contributed by atoms with E-state index in [0.717, 1.165) is 47.2 Å². The maximum atomic E-state index is 13.8. The first kappa shape index (κ1) is 33.9. The minimum Gasteiger partial charge on any atom is -0.369 e. The van der Waals surface area contributed by atoms with Gasteiger partial charge in [-0.05, 0) is 65.4 Å². The van der Waals surface area contributed by atoms with Crippen molar-refractivity contribution >= 4 is 40.2 Å². The zero-order valence-electron chi connectivity index (χ0n) is 27.4. The van der Waals surface area contributed by atoms with Crippen LogP contribution in [0.5, 0.6) is 0 Å². The number of halogens is 1. The maximum Gasteiger partial charge on any atom is 0.256 e. The number of hydrazine groups is 1. The normalized spacial score (nSPS) is 14.4. The van der Waals surface area contributed by atoms with Gasteiger partial charge in [0.25, 0.3) is 11.8 Å². The monoisotopic (exact) mass is 676 g/mol. The number of carbonyl (C=O) groups excluding carboxylic acids is 3. The van der Waals surface area contributed by atoms with E-state index >= 15 is 0 Å². The molecule has 4 N–H and O–H groups in total. The lowest BCUT2D eigenvalue weighted by Crippen LogP contribution is -2.57. The van der Waals surface area contributed by atoms with Gasteiger partial charge in [-0.3, -0.25) is 24.7 Å². The van der Waals surface area contributed by atoms with E-state index in [2.05, 4.69) is 27.8 Å². The van der Waals surface area contributed by atoms with E-state index < -0.39 is 11.9 Å². The van der Waals surface area contributed by atoms with Gasteiger partial charge in [0.15, 0.2) is 0 Å². The highest BCUT2D eigenvalue weighted by atomic mass is 35.5. The first-order valence-corrected chi connectivity index (χ1v) is 17.0. The average molecular weight is 677 g/mol. The number of rotatable bonds is 13. The molecule has 1 atom stereocenters. The molecule has 0 bridgehead atoms. The van der Waals surface area contributed by atoms with Crippen LogP contribution in [0, 0.1) is 0 Å². The number of primary amides is 1. The number of carbonyl (C=O) groups is 3. The van der Waals surface area contributed by atoms with Crippen molar-refractivity contribution in [3.63, 3.8) is 0 Å². The third-order valence-electron chi connectivity index (χ3n) is 8.93. The SMILES string of the molecule is NC(=O)Cc1cn(Cc2ccc(Cl)cc2)c2ccc(C(=O)N[C@@H](CCc3ccccc3)C(=O)NN3CCN(Cc4ccccc4)CC3)cc12. The number of amides is 3. The summed E-state index contributed by atoms with van der Waals surface area (Å²) in [5.74, 6) is -1.07. The van der Waals surface area contributed by atoms with Gasteiger partial charge in [0.2, 0.25) is 5.91 Å². The fraction of sp³-hybridized carbons (Fsp3) is 0.256. The predicted octanol–water partition coefficient (Wildman–Crippen LogP) is 4.95. The molecule has 0 radical (unpaired) electrons. The van der Waals surface area contributed by atoms with E-state index in [1.165, 1.54) is 5.56 Å². The van der Waals surface area contributed by atoms with Gasteiger partial charge < -0.3 is 15.6 Å². The Kier molecular flexibility index (Phi) is 11.0. The molecule has 5 aromatic rings. The molecule has 1 saturated heterocycles. The van der Waals surface area contributed by atoms with Gasteiger partial charge in [-0.25, -0.2) is 5.01 Å². The molecule has 252 valence electrons. The molecule has 1 aliphatic heterocycles. The highest BCUT2D eigenvalue weighted by Crippen LogP contribution is 2.25. The van der Waals surface area contributed by atoms with Crippen LogP contribution in [-0.2, 0) is 35.5 Å². The van der Waals surface area contributed by atoms with Crippen molar-refractivity contribution in [1.82, 2.24) is 25.2 Å². The zero-order chi connectivity index (χ0) is 34.2. The molecule has 4 aromatic carbocycles. The number of hydrogen-bond donors (Lipinski definition) is 3. The summed E-state index contributed by atoms with van der Waals surface area (Å²) in [5, 5.41) is 6.37. The van der Waals surface area contributed by atoms with Crippen LogP contribution in [0.15, 0.2) is 109 Å². The van der Waals surface area contributed by atoms with Crippen LogP contribution in [0.25, 0.3) is 10.9 Å². The molecular formula is C39H41ClN6O3. The van der Waals surface area contributed by atoms with Crippen LogP contribution in [0.3, 0.4) is 0 Å². The predicted molar refractivity (Wildman–Crippen MR) is 193 cm³/mol. The largest absolute Gasteiger partial charge is 0.369 e. The number of nitrogens with one attached hydrogen (secondary N) is 2. The van der Waals surface area contributed by atoms with E-state index in [4.69, 9.17) is 17.3 Å². The molecule has 6 rings (SSSR count). The van der Waals surface area contributed by atoms with Crippen LogP contribution in [-0.4, -0.2) is 64.4 Å². The Labute approximate surface area is 291 Å². The summed E-state index contributed by atoms with van der Waals surface area (Å²) in [6, 6.07) is 32.5. The number of hydrogen-bond acceptors (Lipinski definition) is 5. The molecule has 2 heterocycles. The standard InChI is InChI=1S/C39H41ClN6O3/c40-33-15-11-30(12-16-33)26-45-27-32(24-37(41)47)34-23-31(14-18-36(34)45)38(48)42-35(17-13-28-7-3-1-4-8-28)39(49)43-46-21-19-44(20-22-46)25-29-9-5-2-6-10-29/h1-12,14-16,18,23,27,35H,13,17,19-22,24-26H2,(H2,41,47)(H,42,48)(H,43,49)/t35-/m0/s1. The van der Waals surface area contributed by atoms with E-state index in [1.807, 2.05) is 94.6 Å². The third-order valence-corrected chi connectivity index (χ3v) is 9.18. The lowest BCUT2D eigenvalue weighted by Gasteiger charge is -2.35. The molecule has 0 saturated carbocycles. The molecule has 0 spiro atoms. The fourth-order valence-corrected chi connectivity index (χ4v) is 6.44. The van der Waals surface area contributed by atoms with Crippen molar-refractivity contribution in [2.75, 3.05) is 26.2 Å². The molecule has 1 aliphatic rings. The Morgan fingerprint density at radius 3 is 2.10 bits per heavy atom. The summed E-state index contributed by atoms with van der Waals surface area (Å²) in [4.78, 5) is 41.8. The van der Waals surface area contributed by atoms with Gasteiger partial charge in [-0.2, -0.15) is 0 Å². The van der Waals surface area contributed by atoms with E-state index in [0.29, 0.717) is 43.1 Å². The Bertz CT molecular complexity index is 1890. The topological polar surface area (TPSA) is 113 Å². The Morgan fingerprint density at radius 1 is 0.776 bits per heavy atom. The average Bonchev–Trinajstić information content (AvgIpc) is 3.44. The Hall–Kier alpha value is -4.96. The van der Waals surface area contributed by atoms with E-state index in [9.17, 15) is 14.4 Å². The molecule has 0 unspecified atom stereocenters. The maximum absolute atomic E-state index is 13.8. The van der Waals surface area contributed by atoms with Crippen molar-refractivity contribution < 1.29 is 14.4 Å². The van der Waals surface area contributed by atoms with Gasteiger partial charge in [-0.15, -0.1) is 0 Å². The fourth-order valence-electron chi connectivity index (χ4n) is 6.32. The van der Waals surface area contributed by atoms with Crippen molar-refractivity contribution in [2.45, 2.75) is 38.4 Å². The smallest absolute Gasteiger partial charge is 0.256 e. The first-order valence-electron chi connectivity index (χ1n) is 16.6. The quantitative estimate of drug-likeness (QED) is 0.163. The molecule has 9 nitrogen and oxygen atoms in total. The molecular weight excluding hydrogens is 636 g/mol. The molecule has 0 aliphatic carbocycles. The van der Waals surface area contributed by atoms with Crippen LogP contribution in [0.2, 0.25) is 5.02 Å². The highest BCUT2D eigenvalue weighted by Gasteiger charge is 2.26. The second kappa shape index (κ2) is 16.0. The number of benzene rings is 4. The summed E-state index contributed by atoms with van der Waals surface area (Å²) in [6.45, 7) is 4.44. The number of nitrogens with zero attached hydrogens (tertiary/aromatic N) is 3.